The van der Waals surface area contributed by atoms with Gasteiger partial charge in [-0.1, -0.05) is 27.7 Å². The van der Waals surface area contributed by atoms with Crippen molar-refractivity contribution in [2.24, 2.45) is 17.8 Å². The molecule has 2 nitrogen and oxygen atoms in total. The highest BCUT2D eigenvalue weighted by atomic mass is 15.1. The first-order valence-electron chi connectivity index (χ1n) is 8.00. The molecule has 0 aromatic heterocycles. The van der Waals surface area contributed by atoms with Crippen LogP contribution in [0.1, 0.15) is 53.4 Å². The lowest BCUT2D eigenvalue weighted by Gasteiger charge is -2.37. The summed E-state index contributed by atoms with van der Waals surface area (Å²) in [4.78, 5) is 2.54. The van der Waals surface area contributed by atoms with Crippen molar-refractivity contribution >= 4 is 0 Å². The topological polar surface area (TPSA) is 15.3 Å². The summed E-state index contributed by atoms with van der Waals surface area (Å²) in [5.74, 6) is 2.73. The Balaban J connectivity index is 2.44. The van der Waals surface area contributed by atoms with Crippen molar-refractivity contribution in [3.05, 3.63) is 0 Å². The standard InChI is InChI=1S/C16H34N2/c1-6-18(7-2)9-8-16(17-5)15-11-13(3)10-14(4)12-15/h13-17H,6-12H2,1-5H3. The highest BCUT2D eigenvalue weighted by Crippen LogP contribution is 2.35. The third-order valence-electron chi connectivity index (χ3n) is 4.81. The zero-order chi connectivity index (χ0) is 13.5. The lowest BCUT2D eigenvalue weighted by molar-refractivity contribution is 0.164. The second kappa shape index (κ2) is 8.16. The summed E-state index contributed by atoms with van der Waals surface area (Å²) in [6, 6.07) is 0.718. The zero-order valence-electron chi connectivity index (χ0n) is 13.2. The second-order valence-electron chi connectivity index (χ2n) is 6.39. The van der Waals surface area contributed by atoms with E-state index in [-0.39, 0.29) is 0 Å². The molecular weight excluding hydrogens is 220 g/mol. The molecule has 18 heavy (non-hydrogen) atoms. The molecule has 0 aromatic carbocycles. The smallest absolute Gasteiger partial charge is 0.0105 e. The van der Waals surface area contributed by atoms with Gasteiger partial charge in [0, 0.05) is 6.04 Å². The fraction of sp³-hybridized carbons (Fsp3) is 1.00. The normalized spacial score (nSPS) is 30.7. The van der Waals surface area contributed by atoms with Gasteiger partial charge in [0.05, 0.1) is 0 Å². The van der Waals surface area contributed by atoms with Gasteiger partial charge in [0.2, 0.25) is 0 Å². The first-order valence-corrected chi connectivity index (χ1v) is 8.00. The molecule has 3 atom stereocenters. The van der Waals surface area contributed by atoms with Gasteiger partial charge in [0.15, 0.2) is 0 Å². The van der Waals surface area contributed by atoms with Crippen LogP contribution >= 0.6 is 0 Å². The van der Waals surface area contributed by atoms with Crippen molar-refractivity contribution in [1.29, 1.82) is 0 Å². The minimum atomic E-state index is 0.718. The third kappa shape index (κ3) is 4.89. The second-order valence-corrected chi connectivity index (χ2v) is 6.39. The van der Waals surface area contributed by atoms with E-state index < -0.39 is 0 Å². The Morgan fingerprint density at radius 3 is 2.06 bits per heavy atom. The maximum Gasteiger partial charge on any atom is 0.0105 e. The largest absolute Gasteiger partial charge is 0.317 e. The van der Waals surface area contributed by atoms with Gasteiger partial charge in [-0.2, -0.15) is 0 Å². The predicted octanol–water partition coefficient (Wildman–Crippen LogP) is 3.38. The van der Waals surface area contributed by atoms with Crippen LogP contribution in [-0.4, -0.2) is 37.6 Å². The quantitative estimate of drug-likeness (QED) is 0.749. The van der Waals surface area contributed by atoms with Crippen molar-refractivity contribution in [1.82, 2.24) is 10.2 Å². The predicted molar refractivity (Wildman–Crippen MR) is 80.9 cm³/mol. The van der Waals surface area contributed by atoms with Crippen molar-refractivity contribution in [2.75, 3.05) is 26.7 Å². The lowest BCUT2D eigenvalue weighted by atomic mass is 9.73. The van der Waals surface area contributed by atoms with E-state index in [1.807, 2.05) is 0 Å². The van der Waals surface area contributed by atoms with E-state index in [1.165, 1.54) is 45.3 Å². The fourth-order valence-electron chi connectivity index (χ4n) is 3.81. The van der Waals surface area contributed by atoms with E-state index in [9.17, 15) is 0 Å². The first kappa shape index (κ1) is 16.0. The number of nitrogens with one attached hydrogen (secondary N) is 1. The van der Waals surface area contributed by atoms with Crippen LogP contribution in [0.2, 0.25) is 0 Å². The van der Waals surface area contributed by atoms with E-state index in [1.54, 1.807) is 0 Å². The van der Waals surface area contributed by atoms with Gasteiger partial charge in [0.25, 0.3) is 0 Å². The Hall–Kier alpha value is -0.0800. The van der Waals surface area contributed by atoms with Gasteiger partial charge in [-0.25, -0.2) is 0 Å². The molecule has 1 fully saturated rings. The van der Waals surface area contributed by atoms with Crippen LogP contribution in [0, 0.1) is 17.8 Å². The van der Waals surface area contributed by atoms with Crippen LogP contribution in [0.3, 0.4) is 0 Å². The molecule has 0 radical (unpaired) electrons. The van der Waals surface area contributed by atoms with E-state index in [0.717, 1.165) is 23.8 Å². The molecule has 108 valence electrons. The minimum Gasteiger partial charge on any atom is -0.317 e. The molecule has 1 saturated carbocycles. The third-order valence-corrected chi connectivity index (χ3v) is 4.81. The maximum absolute atomic E-state index is 3.59. The zero-order valence-corrected chi connectivity index (χ0v) is 13.2. The molecule has 0 saturated heterocycles. The summed E-state index contributed by atoms with van der Waals surface area (Å²) in [6.07, 6.45) is 5.59. The van der Waals surface area contributed by atoms with Crippen LogP contribution in [0.4, 0.5) is 0 Å². The summed E-state index contributed by atoms with van der Waals surface area (Å²) in [5, 5.41) is 3.59. The fourth-order valence-corrected chi connectivity index (χ4v) is 3.81. The van der Waals surface area contributed by atoms with Gasteiger partial charge in [-0.3, -0.25) is 0 Å². The monoisotopic (exact) mass is 254 g/mol. The van der Waals surface area contributed by atoms with Crippen LogP contribution < -0.4 is 5.32 Å². The van der Waals surface area contributed by atoms with Gasteiger partial charge in [-0.15, -0.1) is 0 Å². The molecule has 3 unspecified atom stereocenters. The lowest BCUT2D eigenvalue weighted by Crippen LogP contribution is -2.40. The molecule has 0 bridgehead atoms. The Labute approximate surface area is 115 Å². The van der Waals surface area contributed by atoms with Crippen molar-refractivity contribution in [3.63, 3.8) is 0 Å². The average molecular weight is 254 g/mol. The van der Waals surface area contributed by atoms with E-state index in [0.29, 0.717) is 0 Å². The van der Waals surface area contributed by atoms with E-state index in [2.05, 4.69) is 45.0 Å². The summed E-state index contributed by atoms with van der Waals surface area (Å²) in [5.41, 5.74) is 0. The maximum atomic E-state index is 3.59. The number of hydrogen-bond acceptors (Lipinski definition) is 2. The Kier molecular flexibility index (Phi) is 7.25. The number of hydrogen-bond donors (Lipinski definition) is 1. The molecule has 0 spiro atoms. The van der Waals surface area contributed by atoms with Gasteiger partial charge >= 0.3 is 0 Å². The highest BCUT2D eigenvalue weighted by Gasteiger charge is 2.29. The van der Waals surface area contributed by atoms with Crippen LogP contribution in [0.5, 0.6) is 0 Å². The van der Waals surface area contributed by atoms with Crippen molar-refractivity contribution in [2.45, 2.75) is 59.4 Å². The Morgan fingerprint density at radius 1 is 1.06 bits per heavy atom. The molecule has 1 aliphatic carbocycles. The molecule has 0 amide bonds. The van der Waals surface area contributed by atoms with Crippen LogP contribution in [0.25, 0.3) is 0 Å². The van der Waals surface area contributed by atoms with Crippen LogP contribution in [0.15, 0.2) is 0 Å². The van der Waals surface area contributed by atoms with E-state index in [4.69, 9.17) is 0 Å². The van der Waals surface area contributed by atoms with Gasteiger partial charge in [0.1, 0.15) is 0 Å². The molecule has 1 rings (SSSR count). The van der Waals surface area contributed by atoms with Gasteiger partial charge in [-0.05, 0) is 70.1 Å². The molecule has 1 aliphatic rings. The Bertz CT molecular complexity index is 203. The molecule has 0 heterocycles. The molecule has 0 aliphatic heterocycles. The minimum absolute atomic E-state index is 0.718. The summed E-state index contributed by atoms with van der Waals surface area (Å²) in [6.45, 7) is 13.0. The highest BCUT2D eigenvalue weighted by molar-refractivity contribution is 4.83. The van der Waals surface area contributed by atoms with Crippen molar-refractivity contribution < 1.29 is 0 Å². The summed E-state index contributed by atoms with van der Waals surface area (Å²) < 4.78 is 0. The molecule has 0 aromatic rings. The SMILES string of the molecule is CCN(CC)CCC(NC)C1CC(C)CC(C)C1. The van der Waals surface area contributed by atoms with Crippen LogP contribution in [-0.2, 0) is 0 Å². The average Bonchev–Trinajstić information content (AvgIpc) is 2.33. The van der Waals surface area contributed by atoms with E-state index >= 15 is 0 Å². The molecule has 2 heteroatoms. The first-order chi connectivity index (χ1) is 8.60. The van der Waals surface area contributed by atoms with Crippen molar-refractivity contribution in [3.8, 4) is 0 Å². The summed E-state index contributed by atoms with van der Waals surface area (Å²) in [7, 11) is 2.15. The number of rotatable bonds is 7. The molecule has 1 N–H and O–H groups in total. The Morgan fingerprint density at radius 2 is 1.61 bits per heavy atom. The summed E-state index contributed by atoms with van der Waals surface area (Å²) >= 11 is 0. The number of nitrogens with zero attached hydrogens (tertiary/aromatic N) is 1. The molecular formula is C16H34N2. The van der Waals surface area contributed by atoms with Gasteiger partial charge < -0.3 is 10.2 Å².